The normalized spacial score (nSPS) is 10.1. The van der Waals surface area contributed by atoms with E-state index >= 15 is 0 Å². The van der Waals surface area contributed by atoms with Crippen LogP contribution in [-0.2, 0) is 4.79 Å². The van der Waals surface area contributed by atoms with E-state index in [4.69, 9.17) is 5.11 Å². The lowest BCUT2D eigenvalue weighted by atomic mass is 10.2. The summed E-state index contributed by atoms with van der Waals surface area (Å²) in [6, 6.07) is 7.97. The summed E-state index contributed by atoms with van der Waals surface area (Å²) in [5.74, 6) is -0.804. The smallest absolute Gasteiger partial charge is 0.323 e. The molecule has 1 aromatic carbocycles. The molecular formula is C13H20N2O2. The number of benzene rings is 1. The molecule has 1 rings (SSSR count). The Morgan fingerprint density at radius 2 is 1.65 bits per heavy atom. The van der Waals surface area contributed by atoms with Gasteiger partial charge in [0.1, 0.15) is 6.54 Å². The van der Waals surface area contributed by atoms with Crippen LogP contribution in [0, 0.1) is 0 Å². The largest absolute Gasteiger partial charge is 0.480 e. The van der Waals surface area contributed by atoms with Gasteiger partial charge in [-0.15, -0.1) is 0 Å². The first kappa shape index (κ1) is 13.4. The molecule has 0 aliphatic carbocycles. The molecule has 0 aliphatic rings. The quantitative estimate of drug-likeness (QED) is 0.821. The molecule has 94 valence electrons. The van der Waals surface area contributed by atoms with E-state index in [1.54, 1.807) is 0 Å². The number of rotatable bonds is 6. The SMILES string of the molecule is CCN(C)c1ccc(N(CC)CC(=O)O)cc1. The molecule has 17 heavy (non-hydrogen) atoms. The van der Waals surface area contributed by atoms with Crippen LogP contribution in [0.3, 0.4) is 0 Å². The number of anilines is 2. The Kier molecular flexibility index (Phi) is 4.82. The summed E-state index contributed by atoms with van der Waals surface area (Å²) in [4.78, 5) is 14.7. The third kappa shape index (κ3) is 3.66. The van der Waals surface area contributed by atoms with E-state index in [1.807, 2.05) is 43.1 Å². The molecule has 4 nitrogen and oxygen atoms in total. The van der Waals surface area contributed by atoms with Crippen molar-refractivity contribution in [1.29, 1.82) is 0 Å². The summed E-state index contributed by atoms with van der Waals surface area (Å²) in [5, 5.41) is 8.81. The molecule has 1 aromatic rings. The number of carboxylic acid groups (broad SMARTS) is 1. The zero-order chi connectivity index (χ0) is 12.8. The molecule has 0 amide bonds. The summed E-state index contributed by atoms with van der Waals surface area (Å²) in [7, 11) is 2.03. The van der Waals surface area contributed by atoms with E-state index in [0.717, 1.165) is 17.9 Å². The minimum atomic E-state index is -0.804. The number of aliphatic carboxylic acids is 1. The van der Waals surface area contributed by atoms with Gasteiger partial charge in [0, 0.05) is 31.5 Å². The first-order valence-corrected chi connectivity index (χ1v) is 5.86. The molecule has 0 bridgehead atoms. The Morgan fingerprint density at radius 3 is 2.06 bits per heavy atom. The van der Waals surface area contributed by atoms with Gasteiger partial charge in [-0.05, 0) is 38.1 Å². The van der Waals surface area contributed by atoms with Crippen molar-refractivity contribution in [2.45, 2.75) is 13.8 Å². The molecule has 0 atom stereocenters. The molecule has 1 N–H and O–H groups in total. The summed E-state index contributed by atoms with van der Waals surface area (Å²) in [6.45, 7) is 5.73. The maximum Gasteiger partial charge on any atom is 0.323 e. The van der Waals surface area contributed by atoms with Gasteiger partial charge >= 0.3 is 5.97 Å². The topological polar surface area (TPSA) is 43.8 Å². The van der Waals surface area contributed by atoms with Crippen LogP contribution in [0.25, 0.3) is 0 Å². The Labute approximate surface area is 102 Å². The molecule has 4 heteroatoms. The van der Waals surface area contributed by atoms with Crippen molar-refractivity contribution >= 4 is 17.3 Å². The van der Waals surface area contributed by atoms with E-state index in [1.165, 1.54) is 0 Å². The van der Waals surface area contributed by atoms with Gasteiger partial charge in [-0.3, -0.25) is 4.79 Å². The number of likely N-dealkylation sites (N-methyl/N-ethyl adjacent to an activating group) is 1. The van der Waals surface area contributed by atoms with Crippen molar-refractivity contribution in [3.63, 3.8) is 0 Å². The van der Waals surface area contributed by atoms with E-state index in [0.29, 0.717) is 6.54 Å². The van der Waals surface area contributed by atoms with E-state index in [9.17, 15) is 4.79 Å². The van der Waals surface area contributed by atoms with Crippen LogP contribution in [0.2, 0.25) is 0 Å². The van der Waals surface area contributed by atoms with Crippen molar-refractivity contribution < 1.29 is 9.90 Å². The number of hydrogen-bond acceptors (Lipinski definition) is 3. The van der Waals surface area contributed by atoms with Crippen molar-refractivity contribution in [3.8, 4) is 0 Å². The lowest BCUT2D eigenvalue weighted by Gasteiger charge is -2.22. The number of hydrogen-bond donors (Lipinski definition) is 1. The van der Waals surface area contributed by atoms with Crippen LogP contribution >= 0.6 is 0 Å². The minimum absolute atomic E-state index is 0.0411. The Hall–Kier alpha value is -1.71. The number of carbonyl (C=O) groups is 1. The standard InChI is InChI=1S/C13H20N2O2/c1-4-14(3)11-6-8-12(9-7-11)15(5-2)10-13(16)17/h6-9H,4-5,10H2,1-3H3,(H,16,17). The molecule has 0 saturated carbocycles. The Bertz CT molecular complexity index is 362. The van der Waals surface area contributed by atoms with Crippen LogP contribution in [0.1, 0.15) is 13.8 Å². The fourth-order valence-corrected chi connectivity index (χ4v) is 1.65. The monoisotopic (exact) mass is 236 g/mol. The first-order valence-electron chi connectivity index (χ1n) is 5.86. The van der Waals surface area contributed by atoms with Gasteiger partial charge in [-0.25, -0.2) is 0 Å². The van der Waals surface area contributed by atoms with Crippen LogP contribution in [0.5, 0.6) is 0 Å². The van der Waals surface area contributed by atoms with Gasteiger partial charge < -0.3 is 14.9 Å². The second-order valence-electron chi connectivity index (χ2n) is 3.94. The highest BCUT2D eigenvalue weighted by molar-refractivity contribution is 5.74. The highest BCUT2D eigenvalue weighted by atomic mass is 16.4. The van der Waals surface area contributed by atoms with Gasteiger partial charge in [0.2, 0.25) is 0 Å². The number of carboxylic acids is 1. The zero-order valence-corrected chi connectivity index (χ0v) is 10.7. The summed E-state index contributed by atoms with van der Waals surface area (Å²) >= 11 is 0. The summed E-state index contributed by atoms with van der Waals surface area (Å²) < 4.78 is 0. The molecular weight excluding hydrogens is 216 g/mol. The van der Waals surface area contributed by atoms with Crippen molar-refractivity contribution in [1.82, 2.24) is 0 Å². The van der Waals surface area contributed by atoms with Crippen LogP contribution in [-0.4, -0.2) is 37.8 Å². The molecule has 0 heterocycles. The van der Waals surface area contributed by atoms with Crippen LogP contribution < -0.4 is 9.80 Å². The predicted octanol–water partition coefficient (Wildman–Crippen LogP) is 2.05. The fourth-order valence-electron chi connectivity index (χ4n) is 1.65. The van der Waals surface area contributed by atoms with Crippen molar-refractivity contribution in [2.24, 2.45) is 0 Å². The molecule has 0 aliphatic heterocycles. The third-order valence-corrected chi connectivity index (χ3v) is 2.84. The first-order chi connectivity index (χ1) is 8.08. The predicted molar refractivity (Wildman–Crippen MR) is 70.9 cm³/mol. The Morgan fingerprint density at radius 1 is 1.12 bits per heavy atom. The minimum Gasteiger partial charge on any atom is -0.480 e. The van der Waals surface area contributed by atoms with Crippen molar-refractivity contribution in [3.05, 3.63) is 24.3 Å². The molecule has 0 saturated heterocycles. The second-order valence-corrected chi connectivity index (χ2v) is 3.94. The van der Waals surface area contributed by atoms with Gasteiger partial charge in [0.25, 0.3) is 0 Å². The van der Waals surface area contributed by atoms with Crippen molar-refractivity contribution in [2.75, 3.05) is 36.5 Å². The van der Waals surface area contributed by atoms with Gasteiger partial charge in [-0.2, -0.15) is 0 Å². The lowest BCUT2D eigenvalue weighted by molar-refractivity contribution is -0.135. The molecule has 0 aromatic heterocycles. The second kappa shape index (κ2) is 6.13. The van der Waals surface area contributed by atoms with Gasteiger partial charge in [0.15, 0.2) is 0 Å². The van der Waals surface area contributed by atoms with Gasteiger partial charge in [-0.1, -0.05) is 0 Å². The highest BCUT2D eigenvalue weighted by Gasteiger charge is 2.08. The van der Waals surface area contributed by atoms with Gasteiger partial charge in [0.05, 0.1) is 0 Å². The van der Waals surface area contributed by atoms with E-state index in [-0.39, 0.29) is 6.54 Å². The Balaban J connectivity index is 2.81. The number of nitrogens with zero attached hydrogens (tertiary/aromatic N) is 2. The molecule has 0 spiro atoms. The highest BCUT2D eigenvalue weighted by Crippen LogP contribution is 2.19. The summed E-state index contributed by atoms with van der Waals surface area (Å²) in [6.07, 6.45) is 0. The molecule has 0 fully saturated rings. The fraction of sp³-hybridized carbons (Fsp3) is 0.462. The van der Waals surface area contributed by atoms with Crippen LogP contribution in [0.15, 0.2) is 24.3 Å². The zero-order valence-electron chi connectivity index (χ0n) is 10.7. The average Bonchev–Trinajstić information content (AvgIpc) is 2.35. The molecule has 0 radical (unpaired) electrons. The van der Waals surface area contributed by atoms with E-state index < -0.39 is 5.97 Å². The third-order valence-electron chi connectivity index (χ3n) is 2.84. The lowest BCUT2D eigenvalue weighted by Crippen LogP contribution is -2.29. The van der Waals surface area contributed by atoms with E-state index in [2.05, 4.69) is 11.8 Å². The molecule has 0 unspecified atom stereocenters. The van der Waals surface area contributed by atoms with Crippen LogP contribution in [0.4, 0.5) is 11.4 Å². The maximum atomic E-state index is 10.7. The average molecular weight is 236 g/mol. The summed E-state index contributed by atoms with van der Waals surface area (Å²) in [5.41, 5.74) is 2.09. The maximum absolute atomic E-state index is 10.7.